The van der Waals surface area contributed by atoms with Gasteiger partial charge in [-0.3, -0.25) is 0 Å². The molecule has 0 heterocycles. The van der Waals surface area contributed by atoms with Crippen LogP contribution < -0.4 is 0 Å². The first-order chi connectivity index (χ1) is 9.42. The summed E-state index contributed by atoms with van der Waals surface area (Å²) in [5.74, 6) is 0. The Morgan fingerprint density at radius 1 is 0.632 bits per heavy atom. The van der Waals surface area contributed by atoms with Gasteiger partial charge in [0.2, 0.25) is 0 Å². The Balaban J connectivity index is 0.000000741. The Labute approximate surface area is 118 Å². The smallest absolute Gasteiger partial charge is 0.0154 e. The van der Waals surface area contributed by atoms with Crippen LogP contribution in [0.3, 0.4) is 0 Å². The molecule has 0 aliphatic heterocycles. The van der Waals surface area contributed by atoms with Crippen LogP contribution in [0.15, 0.2) is 66.7 Å². The minimum absolute atomic E-state index is 1.27. The first-order valence-electron chi connectivity index (χ1n) is 7.19. The lowest BCUT2D eigenvalue weighted by Crippen LogP contribution is -1.86. The van der Waals surface area contributed by atoms with Crippen LogP contribution in [0.4, 0.5) is 0 Å². The van der Waals surface area contributed by atoms with E-state index in [1.165, 1.54) is 16.7 Å². The van der Waals surface area contributed by atoms with Gasteiger partial charge < -0.3 is 0 Å². The van der Waals surface area contributed by atoms with Crippen LogP contribution >= 0.6 is 0 Å². The van der Waals surface area contributed by atoms with Crippen molar-refractivity contribution in [2.45, 2.75) is 34.6 Å². The highest BCUT2D eigenvalue weighted by Gasteiger charge is 2.01. The summed E-state index contributed by atoms with van der Waals surface area (Å²) in [6, 6.07) is 20.9. The highest BCUT2D eigenvalue weighted by molar-refractivity contribution is 5.79. The van der Waals surface area contributed by atoms with E-state index in [0.717, 1.165) is 0 Å². The summed E-state index contributed by atoms with van der Waals surface area (Å²) in [4.78, 5) is 0. The number of hydrogen-bond acceptors (Lipinski definition) is 0. The molecule has 0 aliphatic rings. The van der Waals surface area contributed by atoms with Gasteiger partial charge in [0.05, 0.1) is 0 Å². The minimum atomic E-state index is 1.27. The molecule has 0 N–H and O–H groups in total. The SMILES string of the molecule is CC.CC.CC=C(c1ccccc1)c1ccccc1. The Morgan fingerprint density at radius 2 is 0.947 bits per heavy atom. The Morgan fingerprint density at radius 3 is 1.21 bits per heavy atom. The lowest BCUT2D eigenvalue weighted by atomic mass is 9.98. The van der Waals surface area contributed by atoms with Crippen LogP contribution in [0.2, 0.25) is 0 Å². The standard InChI is InChI=1S/C15H14.2C2H6/c1-2-15(13-9-5-3-6-10-13)14-11-7-4-8-12-14;2*1-2/h2-12H,1H3;2*1-2H3. The van der Waals surface area contributed by atoms with Crippen molar-refractivity contribution in [3.05, 3.63) is 77.9 Å². The number of hydrogen-bond donors (Lipinski definition) is 0. The molecular weight excluding hydrogens is 228 g/mol. The molecule has 0 aliphatic carbocycles. The second-order valence-corrected chi connectivity index (χ2v) is 3.43. The van der Waals surface area contributed by atoms with Crippen LogP contribution in [-0.4, -0.2) is 0 Å². The molecule has 0 radical (unpaired) electrons. The van der Waals surface area contributed by atoms with Crippen molar-refractivity contribution in [1.29, 1.82) is 0 Å². The summed E-state index contributed by atoms with van der Waals surface area (Å²) < 4.78 is 0. The van der Waals surface area contributed by atoms with E-state index in [-0.39, 0.29) is 0 Å². The Hall–Kier alpha value is -1.82. The largest absolute Gasteiger partial charge is 0.0792 e. The van der Waals surface area contributed by atoms with Crippen molar-refractivity contribution in [2.24, 2.45) is 0 Å². The van der Waals surface area contributed by atoms with E-state index in [1.54, 1.807) is 0 Å². The van der Waals surface area contributed by atoms with Crippen molar-refractivity contribution in [1.82, 2.24) is 0 Å². The van der Waals surface area contributed by atoms with Gasteiger partial charge in [0, 0.05) is 0 Å². The Bertz CT molecular complexity index is 396. The van der Waals surface area contributed by atoms with Crippen LogP contribution in [0.5, 0.6) is 0 Å². The molecule has 0 heteroatoms. The summed E-state index contributed by atoms with van der Waals surface area (Å²) in [5, 5.41) is 0. The zero-order valence-electron chi connectivity index (χ0n) is 12.9. The van der Waals surface area contributed by atoms with E-state index in [0.29, 0.717) is 0 Å². The van der Waals surface area contributed by atoms with Crippen molar-refractivity contribution < 1.29 is 0 Å². The van der Waals surface area contributed by atoms with Gasteiger partial charge in [0.1, 0.15) is 0 Å². The molecule has 0 bridgehead atoms. The second-order valence-electron chi connectivity index (χ2n) is 3.43. The molecule has 19 heavy (non-hydrogen) atoms. The summed E-state index contributed by atoms with van der Waals surface area (Å²) in [7, 11) is 0. The second kappa shape index (κ2) is 11.3. The van der Waals surface area contributed by atoms with Gasteiger partial charge in [-0.2, -0.15) is 0 Å². The molecule has 0 spiro atoms. The van der Waals surface area contributed by atoms with Gasteiger partial charge in [-0.15, -0.1) is 0 Å². The molecule has 102 valence electrons. The normalized spacial score (nSPS) is 8.26. The van der Waals surface area contributed by atoms with E-state index >= 15 is 0 Å². The molecule has 0 amide bonds. The number of benzene rings is 2. The zero-order chi connectivity index (χ0) is 14.5. The predicted octanol–water partition coefficient (Wildman–Crippen LogP) is 6.19. The fraction of sp³-hybridized carbons (Fsp3) is 0.263. The van der Waals surface area contributed by atoms with Gasteiger partial charge in [-0.1, -0.05) is 94.4 Å². The predicted molar refractivity (Wildman–Crippen MR) is 88.3 cm³/mol. The maximum atomic E-state index is 2.16. The molecule has 0 saturated heterocycles. The topological polar surface area (TPSA) is 0 Å². The molecule has 0 unspecified atom stereocenters. The maximum absolute atomic E-state index is 2.16. The van der Waals surface area contributed by atoms with E-state index in [4.69, 9.17) is 0 Å². The fourth-order valence-corrected chi connectivity index (χ4v) is 1.74. The highest BCUT2D eigenvalue weighted by atomic mass is 14.1. The zero-order valence-corrected chi connectivity index (χ0v) is 12.9. The molecule has 0 saturated carbocycles. The first-order valence-corrected chi connectivity index (χ1v) is 7.19. The fourth-order valence-electron chi connectivity index (χ4n) is 1.74. The third-order valence-corrected chi connectivity index (χ3v) is 2.46. The van der Waals surface area contributed by atoms with E-state index < -0.39 is 0 Å². The van der Waals surface area contributed by atoms with E-state index in [2.05, 4.69) is 61.5 Å². The van der Waals surface area contributed by atoms with Crippen LogP contribution in [0, 0.1) is 0 Å². The summed E-state index contributed by atoms with van der Waals surface area (Å²) in [5.41, 5.74) is 3.83. The first kappa shape index (κ1) is 17.2. The number of allylic oxidation sites excluding steroid dienone is 1. The maximum Gasteiger partial charge on any atom is -0.0154 e. The molecule has 0 fully saturated rings. The average Bonchev–Trinajstić information content (AvgIpc) is 2.54. The molecule has 2 aromatic carbocycles. The number of rotatable bonds is 2. The quantitative estimate of drug-likeness (QED) is 0.599. The van der Waals surface area contributed by atoms with Crippen molar-refractivity contribution in [3.8, 4) is 0 Å². The molecular formula is C19H26. The summed E-state index contributed by atoms with van der Waals surface area (Å²) in [6.07, 6.45) is 2.16. The van der Waals surface area contributed by atoms with Crippen molar-refractivity contribution in [3.63, 3.8) is 0 Å². The van der Waals surface area contributed by atoms with Crippen LogP contribution in [0.1, 0.15) is 45.7 Å². The van der Waals surface area contributed by atoms with Gasteiger partial charge >= 0.3 is 0 Å². The summed E-state index contributed by atoms with van der Waals surface area (Å²) >= 11 is 0. The molecule has 2 aromatic rings. The molecule has 2 rings (SSSR count). The summed E-state index contributed by atoms with van der Waals surface area (Å²) in [6.45, 7) is 10.1. The van der Waals surface area contributed by atoms with E-state index in [1.807, 2.05) is 39.8 Å². The van der Waals surface area contributed by atoms with Crippen LogP contribution in [-0.2, 0) is 0 Å². The monoisotopic (exact) mass is 254 g/mol. The highest BCUT2D eigenvalue weighted by Crippen LogP contribution is 2.22. The third-order valence-electron chi connectivity index (χ3n) is 2.46. The molecule has 0 nitrogen and oxygen atoms in total. The minimum Gasteiger partial charge on any atom is -0.0792 e. The molecule has 0 aromatic heterocycles. The van der Waals surface area contributed by atoms with Gasteiger partial charge in [0.25, 0.3) is 0 Å². The Kier molecular flexibility index (Phi) is 10.2. The van der Waals surface area contributed by atoms with Crippen molar-refractivity contribution in [2.75, 3.05) is 0 Å². The van der Waals surface area contributed by atoms with Crippen molar-refractivity contribution >= 4 is 5.57 Å². The third kappa shape index (κ3) is 5.56. The van der Waals surface area contributed by atoms with Gasteiger partial charge in [-0.25, -0.2) is 0 Å². The lowest BCUT2D eigenvalue weighted by Gasteiger charge is -2.06. The molecule has 0 atom stereocenters. The van der Waals surface area contributed by atoms with E-state index in [9.17, 15) is 0 Å². The van der Waals surface area contributed by atoms with Gasteiger partial charge in [-0.05, 0) is 23.6 Å². The lowest BCUT2D eigenvalue weighted by molar-refractivity contribution is 1.50. The average molecular weight is 254 g/mol. The van der Waals surface area contributed by atoms with Gasteiger partial charge in [0.15, 0.2) is 0 Å². The van der Waals surface area contributed by atoms with Crippen LogP contribution in [0.25, 0.3) is 5.57 Å².